The Bertz CT molecular complexity index is 1180. The summed E-state index contributed by atoms with van der Waals surface area (Å²) in [6.07, 6.45) is 0. The Morgan fingerprint density at radius 2 is 1.71 bits per heavy atom. The lowest BCUT2D eigenvalue weighted by Crippen LogP contribution is -2.16. The van der Waals surface area contributed by atoms with E-state index in [2.05, 4.69) is 0 Å². The Morgan fingerprint density at radius 1 is 1.10 bits per heavy atom. The summed E-state index contributed by atoms with van der Waals surface area (Å²) in [5, 5.41) is 39.5. The molecular formula is C21H14N4O6. The van der Waals surface area contributed by atoms with Crippen LogP contribution >= 0.6 is 0 Å². The molecule has 0 unspecified atom stereocenters. The van der Waals surface area contributed by atoms with E-state index < -0.39 is 28.1 Å². The maximum absolute atomic E-state index is 12.5. The van der Waals surface area contributed by atoms with Crippen molar-refractivity contribution in [3.8, 4) is 29.7 Å². The second-order valence-corrected chi connectivity index (χ2v) is 5.71. The van der Waals surface area contributed by atoms with Crippen LogP contribution in [0.25, 0.3) is 5.57 Å². The highest BCUT2D eigenvalue weighted by Gasteiger charge is 2.27. The summed E-state index contributed by atoms with van der Waals surface area (Å²) in [6, 6.07) is 13.2. The van der Waals surface area contributed by atoms with Crippen LogP contribution in [0.5, 0.6) is 11.5 Å². The van der Waals surface area contributed by atoms with E-state index in [9.17, 15) is 25.4 Å². The van der Waals surface area contributed by atoms with Crippen LogP contribution in [0.3, 0.4) is 0 Å². The normalized spacial score (nSPS) is 10.5. The minimum Gasteiger partial charge on any atom is -0.497 e. The predicted octanol–water partition coefficient (Wildman–Crippen LogP) is 3.22. The fourth-order valence-corrected chi connectivity index (χ4v) is 2.48. The number of hydrogen-bond donors (Lipinski definition) is 0. The highest BCUT2D eigenvalue weighted by Crippen LogP contribution is 2.33. The monoisotopic (exact) mass is 418 g/mol. The number of nitro benzene ring substituents is 1. The predicted molar refractivity (Wildman–Crippen MR) is 105 cm³/mol. The van der Waals surface area contributed by atoms with Gasteiger partial charge in [-0.05, 0) is 36.8 Å². The fraction of sp³-hybridized carbons (Fsp3) is 0.143. The van der Waals surface area contributed by atoms with Crippen molar-refractivity contribution in [3.05, 3.63) is 69.0 Å². The van der Waals surface area contributed by atoms with Gasteiger partial charge in [0.2, 0.25) is 11.5 Å². The Labute approximate surface area is 176 Å². The van der Waals surface area contributed by atoms with Crippen molar-refractivity contribution in [2.75, 3.05) is 13.7 Å². The number of rotatable bonds is 7. The molecular weight excluding hydrogens is 404 g/mol. The van der Waals surface area contributed by atoms with Gasteiger partial charge in [-0.2, -0.15) is 15.8 Å². The molecule has 0 heterocycles. The summed E-state index contributed by atoms with van der Waals surface area (Å²) in [4.78, 5) is 23.2. The number of ether oxygens (including phenoxy) is 3. The van der Waals surface area contributed by atoms with Crippen LogP contribution < -0.4 is 9.47 Å². The number of benzene rings is 2. The van der Waals surface area contributed by atoms with Crippen LogP contribution in [0.1, 0.15) is 23.6 Å². The average Bonchev–Trinajstić information content (AvgIpc) is 2.78. The minimum absolute atomic E-state index is 0.0497. The van der Waals surface area contributed by atoms with E-state index in [1.54, 1.807) is 24.3 Å². The van der Waals surface area contributed by atoms with Crippen LogP contribution in [-0.4, -0.2) is 24.6 Å². The second kappa shape index (κ2) is 10.1. The lowest BCUT2D eigenvalue weighted by Gasteiger charge is -2.13. The van der Waals surface area contributed by atoms with Crippen molar-refractivity contribution in [1.29, 1.82) is 15.8 Å². The molecule has 31 heavy (non-hydrogen) atoms. The van der Waals surface area contributed by atoms with Gasteiger partial charge in [0, 0.05) is 12.1 Å². The molecule has 0 aliphatic heterocycles. The molecule has 0 saturated heterocycles. The van der Waals surface area contributed by atoms with Crippen molar-refractivity contribution < 1.29 is 23.9 Å². The Hall–Kier alpha value is -4.88. The van der Waals surface area contributed by atoms with Crippen LogP contribution in [0.2, 0.25) is 0 Å². The molecule has 0 saturated carbocycles. The van der Waals surface area contributed by atoms with Gasteiger partial charge < -0.3 is 14.2 Å². The number of allylic oxidation sites excluding steroid dienone is 1. The van der Waals surface area contributed by atoms with Crippen LogP contribution in [-0.2, 0) is 9.53 Å². The molecule has 0 radical (unpaired) electrons. The highest BCUT2D eigenvalue weighted by atomic mass is 16.6. The van der Waals surface area contributed by atoms with E-state index in [0.29, 0.717) is 5.75 Å². The summed E-state index contributed by atoms with van der Waals surface area (Å²) in [5.41, 5.74) is -1.08. The van der Waals surface area contributed by atoms with E-state index in [1.807, 2.05) is 6.07 Å². The van der Waals surface area contributed by atoms with E-state index in [0.717, 1.165) is 12.1 Å². The van der Waals surface area contributed by atoms with Gasteiger partial charge in [-0.1, -0.05) is 0 Å². The minimum atomic E-state index is -1.04. The molecule has 0 spiro atoms. The third-order valence-electron chi connectivity index (χ3n) is 3.93. The molecule has 10 heteroatoms. The number of methoxy groups -OCH3 is 1. The zero-order valence-corrected chi connectivity index (χ0v) is 16.4. The van der Waals surface area contributed by atoms with Gasteiger partial charge in [-0.3, -0.25) is 10.1 Å². The first-order valence-corrected chi connectivity index (χ1v) is 8.66. The maximum atomic E-state index is 12.5. The van der Waals surface area contributed by atoms with E-state index in [-0.39, 0.29) is 28.9 Å². The summed E-state index contributed by atoms with van der Waals surface area (Å²) in [5.74, 6) is -1.64. The maximum Gasteiger partial charge on any atom is 0.375 e. The van der Waals surface area contributed by atoms with Gasteiger partial charge >= 0.3 is 11.7 Å². The zero-order valence-electron chi connectivity index (χ0n) is 16.4. The van der Waals surface area contributed by atoms with Gasteiger partial charge in [0.1, 0.15) is 29.5 Å². The average molecular weight is 418 g/mol. The van der Waals surface area contributed by atoms with E-state index in [4.69, 9.17) is 19.5 Å². The molecule has 0 amide bonds. The van der Waals surface area contributed by atoms with Gasteiger partial charge in [0.15, 0.2) is 0 Å². The standard InChI is InChI=1S/C21H14N4O6/c1-3-30-21(26)20(17(12-24)13-4-6-16(29-2)7-5-13)31-19-9-15(11-23)14(10-22)8-18(19)25(27)28/h4-9H,3H2,1-2H3/b20-17-. The molecule has 2 aromatic rings. The second-order valence-electron chi connectivity index (χ2n) is 5.71. The molecule has 0 atom stereocenters. The molecule has 10 nitrogen and oxygen atoms in total. The number of nitrogens with zero attached hydrogens (tertiary/aromatic N) is 4. The Morgan fingerprint density at radius 3 is 2.19 bits per heavy atom. The van der Waals surface area contributed by atoms with Crippen LogP contribution in [0.4, 0.5) is 5.69 Å². The topological polar surface area (TPSA) is 159 Å². The first-order valence-electron chi connectivity index (χ1n) is 8.66. The molecule has 0 aromatic heterocycles. The number of nitriles is 3. The molecule has 2 rings (SSSR count). The van der Waals surface area contributed by atoms with Gasteiger partial charge in [0.05, 0.1) is 29.8 Å². The third kappa shape index (κ3) is 4.94. The molecule has 0 aliphatic rings. The number of carbonyl (C=O) groups excluding carboxylic acids is 1. The summed E-state index contributed by atoms with van der Waals surface area (Å²) in [7, 11) is 1.46. The number of hydrogen-bond acceptors (Lipinski definition) is 9. The number of nitro groups is 1. The van der Waals surface area contributed by atoms with Crippen molar-refractivity contribution in [2.24, 2.45) is 0 Å². The Kier molecular flexibility index (Phi) is 7.27. The van der Waals surface area contributed by atoms with E-state index in [1.165, 1.54) is 26.2 Å². The molecule has 0 bridgehead atoms. The molecule has 154 valence electrons. The molecule has 0 aliphatic carbocycles. The lowest BCUT2D eigenvalue weighted by atomic mass is 10.0. The molecule has 2 aromatic carbocycles. The number of esters is 1. The van der Waals surface area contributed by atoms with Crippen molar-refractivity contribution in [3.63, 3.8) is 0 Å². The number of carbonyl (C=O) groups is 1. The zero-order chi connectivity index (χ0) is 23.0. The molecule has 0 fully saturated rings. The van der Waals surface area contributed by atoms with Gasteiger partial charge in [-0.25, -0.2) is 4.79 Å². The summed E-state index contributed by atoms with van der Waals surface area (Å²) < 4.78 is 15.5. The lowest BCUT2D eigenvalue weighted by molar-refractivity contribution is -0.385. The summed E-state index contributed by atoms with van der Waals surface area (Å²) >= 11 is 0. The highest BCUT2D eigenvalue weighted by molar-refractivity contribution is 5.99. The van der Waals surface area contributed by atoms with Crippen molar-refractivity contribution >= 4 is 17.2 Å². The first kappa shape index (κ1) is 22.4. The van der Waals surface area contributed by atoms with Gasteiger partial charge in [-0.15, -0.1) is 0 Å². The third-order valence-corrected chi connectivity index (χ3v) is 3.93. The quantitative estimate of drug-likeness (QED) is 0.164. The van der Waals surface area contributed by atoms with Crippen molar-refractivity contribution in [1.82, 2.24) is 0 Å². The summed E-state index contributed by atoms with van der Waals surface area (Å²) in [6.45, 7) is 1.48. The first-order chi connectivity index (χ1) is 14.9. The van der Waals surface area contributed by atoms with Crippen LogP contribution in [0.15, 0.2) is 42.2 Å². The Balaban J connectivity index is 2.73. The van der Waals surface area contributed by atoms with E-state index >= 15 is 0 Å². The fourth-order valence-electron chi connectivity index (χ4n) is 2.48. The largest absolute Gasteiger partial charge is 0.497 e. The smallest absolute Gasteiger partial charge is 0.375 e. The molecule has 0 N–H and O–H groups in total. The van der Waals surface area contributed by atoms with Gasteiger partial charge in [0.25, 0.3) is 0 Å². The van der Waals surface area contributed by atoms with Crippen molar-refractivity contribution in [2.45, 2.75) is 6.92 Å². The van der Waals surface area contributed by atoms with Crippen LogP contribution in [0, 0.1) is 44.1 Å². The SMILES string of the molecule is CCOC(=O)/C(Oc1cc(C#N)c(C#N)cc1[N+](=O)[O-])=C(\C#N)c1ccc(OC)cc1.